The van der Waals surface area contributed by atoms with E-state index in [2.05, 4.69) is 20.8 Å². The molecule has 0 aromatic rings. The van der Waals surface area contributed by atoms with Crippen molar-refractivity contribution in [2.75, 3.05) is 0 Å². The standard InChI is InChI=1S/C51H104O3/c1-4-7-10-13-16-19-22-25-26-29-31-34-37-40-43-46-50(48-49(52)45-42-39-36-33-30-27-23-20-17-14-11-8-5-2)54-51(53)47-44-41-38-35-32-28-24-21-18-15-12-9-6-3/h49-53H,4-48H2,1-3H3. The summed E-state index contributed by atoms with van der Waals surface area (Å²) >= 11 is 0. The number of ether oxygens (including phenoxy) is 1. The van der Waals surface area contributed by atoms with E-state index >= 15 is 0 Å². The Hall–Kier alpha value is -0.120. The van der Waals surface area contributed by atoms with Gasteiger partial charge in [-0.2, -0.15) is 0 Å². The molecule has 3 heteroatoms. The van der Waals surface area contributed by atoms with Crippen LogP contribution in [0.3, 0.4) is 0 Å². The number of unbranched alkanes of at least 4 members (excludes halogenated alkanes) is 38. The second kappa shape index (κ2) is 47.3. The van der Waals surface area contributed by atoms with E-state index in [1.807, 2.05) is 0 Å². The van der Waals surface area contributed by atoms with E-state index in [0.717, 1.165) is 38.5 Å². The van der Waals surface area contributed by atoms with Crippen molar-refractivity contribution in [3.63, 3.8) is 0 Å². The average Bonchev–Trinajstić information content (AvgIpc) is 3.16. The molecule has 326 valence electrons. The minimum Gasteiger partial charge on any atom is -0.393 e. The molecule has 0 fully saturated rings. The van der Waals surface area contributed by atoms with Crippen molar-refractivity contribution in [2.45, 2.75) is 328 Å². The normalized spacial score (nSPS) is 13.5. The van der Waals surface area contributed by atoms with Crippen molar-refractivity contribution >= 4 is 0 Å². The molecule has 0 aliphatic carbocycles. The molecule has 0 aliphatic heterocycles. The summed E-state index contributed by atoms with van der Waals surface area (Å²) < 4.78 is 6.26. The first-order valence-electron chi connectivity index (χ1n) is 25.7. The maximum absolute atomic E-state index is 11.0. The molecule has 0 spiro atoms. The predicted molar refractivity (Wildman–Crippen MR) is 242 cm³/mol. The molecule has 0 saturated heterocycles. The minimum absolute atomic E-state index is 0.0130. The first-order valence-corrected chi connectivity index (χ1v) is 25.7. The summed E-state index contributed by atoms with van der Waals surface area (Å²) in [5, 5.41) is 21.8. The summed E-state index contributed by atoms with van der Waals surface area (Å²) in [7, 11) is 0. The van der Waals surface area contributed by atoms with Gasteiger partial charge in [0.15, 0.2) is 6.29 Å². The van der Waals surface area contributed by atoms with E-state index < -0.39 is 6.29 Å². The summed E-state index contributed by atoms with van der Waals surface area (Å²) in [4.78, 5) is 0. The van der Waals surface area contributed by atoms with Gasteiger partial charge in [0.05, 0.1) is 12.2 Å². The van der Waals surface area contributed by atoms with Crippen molar-refractivity contribution < 1.29 is 14.9 Å². The van der Waals surface area contributed by atoms with Crippen LogP contribution in [0.5, 0.6) is 0 Å². The van der Waals surface area contributed by atoms with Gasteiger partial charge in [-0.15, -0.1) is 0 Å². The van der Waals surface area contributed by atoms with Crippen LogP contribution >= 0.6 is 0 Å². The van der Waals surface area contributed by atoms with Gasteiger partial charge < -0.3 is 14.9 Å². The lowest BCUT2D eigenvalue weighted by Gasteiger charge is -2.24. The van der Waals surface area contributed by atoms with Crippen LogP contribution in [0, 0.1) is 0 Å². The molecule has 0 rings (SSSR count). The molecular formula is C51H104O3. The monoisotopic (exact) mass is 765 g/mol. The van der Waals surface area contributed by atoms with Gasteiger partial charge in [0.25, 0.3) is 0 Å². The van der Waals surface area contributed by atoms with E-state index in [1.54, 1.807) is 0 Å². The summed E-state index contributed by atoms with van der Waals surface area (Å²) in [6.45, 7) is 6.88. The first-order chi connectivity index (χ1) is 26.6. The zero-order valence-corrected chi connectivity index (χ0v) is 37.9. The maximum atomic E-state index is 11.0. The molecule has 3 nitrogen and oxygen atoms in total. The summed E-state index contributed by atoms with van der Waals surface area (Å²) in [6, 6.07) is 0. The highest BCUT2D eigenvalue weighted by molar-refractivity contribution is 4.68. The van der Waals surface area contributed by atoms with Gasteiger partial charge in [0.1, 0.15) is 0 Å². The summed E-state index contributed by atoms with van der Waals surface area (Å²) in [5.41, 5.74) is 0. The van der Waals surface area contributed by atoms with Gasteiger partial charge in [0.2, 0.25) is 0 Å². The third kappa shape index (κ3) is 44.6. The molecule has 0 aromatic carbocycles. The molecule has 0 amide bonds. The van der Waals surface area contributed by atoms with Crippen LogP contribution in [0.4, 0.5) is 0 Å². The molecule has 0 aliphatic rings. The predicted octanol–water partition coefficient (Wildman–Crippen LogP) is 17.7. The Morgan fingerprint density at radius 3 is 0.778 bits per heavy atom. The van der Waals surface area contributed by atoms with Crippen molar-refractivity contribution in [1.29, 1.82) is 0 Å². The van der Waals surface area contributed by atoms with Crippen LogP contribution in [0.1, 0.15) is 310 Å². The summed E-state index contributed by atoms with van der Waals surface area (Å²) in [5.74, 6) is 0. The van der Waals surface area contributed by atoms with Crippen molar-refractivity contribution in [2.24, 2.45) is 0 Å². The van der Waals surface area contributed by atoms with E-state index in [0.29, 0.717) is 6.42 Å². The Morgan fingerprint density at radius 1 is 0.278 bits per heavy atom. The van der Waals surface area contributed by atoms with Gasteiger partial charge >= 0.3 is 0 Å². The third-order valence-corrected chi connectivity index (χ3v) is 12.2. The Labute approximate surface area is 342 Å². The zero-order valence-electron chi connectivity index (χ0n) is 37.9. The molecule has 0 aromatic heterocycles. The van der Waals surface area contributed by atoms with E-state index in [9.17, 15) is 10.2 Å². The number of rotatable bonds is 48. The van der Waals surface area contributed by atoms with Gasteiger partial charge in [-0.25, -0.2) is 0 Å². The molecule has 0 heterocycles. The number of aliphatic hydroxyl groups excluding tert-OH is 2. The molecule has 0 bridgehead atoms. The fourth-order valence-electron chi connectivity index (χ4n) is 8.43. The van der Waals surface area contributed by atoms with Gasteiger partial charge in [-0.3, -0.25) is 0 Å². The molecule has 54 heavy (non-hydrogen) atoms. The van der Waals surface area contributed by atoms with Crippen molar-refractivity contribution in [3.8, 4) is 0 Å². The lowest BCUT2D eigenvalue weighted by molar-refractivity contribution is -0.150. The molecule has 3 unspecified atom stereocenters. The highest BCUT2D eigenvalue weighted by atomic mass is 16.6. The largest absolute Gasteiger partial charge is 0.393 e. The highest BCUT2D eigenvalue weighted by Crippen LogP contribution is 2.21. The molecule has 2 N–H and O–H groups in total. The van der Waals surface area contributed by atoms with Crippen molar-refractivity contribution in [1.82, 2.24) is 0 Å². The van der Waals surface area contributed by atoms with Crippen LogP contribution in [0.15, 0.2) is 0 Å². The third-order valence-electron chi connectivity index (χ3n) is 12.2. The average molecular weight is 765 g/mol. The van der Waals surface area contributed by atoms with Gasteiger partial charge in [-0.1, -0.05) is 278 Å². The first kappa shape index (κ1) is 53.9. The Kier molecular flexibility index (Phi) is 47.2. The van der Waals surface area contributed by atoms with Gasteiger partial charge in [0, 0.05) is 0 Å². The molecule has 0 saturated carbocycles. The number of aliphatic hydroxyl groups is 2. The number of hydrogen-bond donors (Lipinski definition) is 2. The Morgan fingerprint density at radius 2 is 0.500 bits per heavy atom. The Bertz CT molecular complexity index is 615. The van der Waals surface area contributed by atoms with Crippen LogP contribution in [-0.2, 0) is 4.74 Å². The van der Waals surface area contributed by atoms with Crippen LogP contribution < -0.4 is 0 Å². The number of hydrogen-bond acceptors (Lipinski definition) is 3. The van der Waals surface area contributed by atoms with Crippen molar-refractivity contribution in [3.05, 3.63) is 0 Å². The Balaban J connectivity index is 4.19. The summed E-state index contributed by atoms with van der Waals surface area (Å²) in [6.07, 6.45) is 58.1. The lowest BCUT2D eigenvalue weighted by Crippen LogP contribution is -2.26. The highest BCUT2D eigenvalue weighted by Gasteiger charge is 2.19. The lowest BCUT2D eigenvalue weighted by atomic mass is 9.99. The SMILES string of the molecule is CCCCCCCCCCCCCCCCCC(CC(O)CCCCCCCCCCCCCCC)OC(O)CCCCCCCCCCCCCCC. The van der Waals surface area contributed by atoms with Crippen LogP contribution in [-0.4, -0.2) is 28.7 Å². The van der Waals surface area contributed by atoms with E-state index in [-0.39, 0.29) is 12.2 Å². The van der Waals surface area contributed by atoms with Crippen LogP contribution in [0.2, 0.25) is 0 Å². The van der Waals surface area contributed by atoms with E-state index in [1.165, 1.54) is 244 Å². The molecule has 3 atom stereocenters. The van der Waals surface area contributed by atoms with E-state index in [4.69, 9.17) is 4.74 Å². The quantitative estimate of drug-likeness (QED) is 0.0479. The molecular weight excluding hydrogens is 661 g/mol. The van der Waals surface area contributed by atoms with Crippen LogP contribution in [0.25, 0.3) is 0 Å². The molecule has 0 radical (unpaired) electrons. The second-order valence-corrected chi connectivity index (χ2v) is 17.9. The second-order valence-electron chi connectivity index (χ2n) is 17.9. The topological polar surface area (TPSA) is 49.7 Å². The minimum atomic E-state index is -0.678. The fraction of sp³-hybridized carbons (Fsp3) is 1.00. The van der Waals surface area contributed by atoms with Gasteiger partial charge in [-0.05, 0) is 32.1 Å². The maximum Gasteiger partial charge on any atom is 0.154 e. The smallest absolute Gasteiger partial charge is 0.154 e. The zero-order chi connectivity index (χ0) is 39.3. The fourth-order valence-corrected chi connectivity index (χ4v) is 8.43.